The molecular formula is C14H20N2O2S. The third kappa shape index (κ3) is 4.44. The van der Waals surface area contributed by atoms with Gasteiger partial charge < -0.3 is 15.7 Å². The number of nitrogens with one attached hydrogen (secondary N) is 2. The number of aromatic hydroxyl groups is 1. The molecule has 1 aliphatic rings. The van der Waals surface area contributed by atoms with Crippen LogP contribution in [-0.4, -0.2) is 35.1 Å². The standard InChI is InChI=1S/C14H20N2O2S/c1-10-8-11(17)2-3-13(10)16-14(18)9-19-12-4-6-15-7-5-12/h2-3,8,12,15,17H,4-7,9H2,1H3,(H,16,18). The fraction of sp³-hybridized carbons (Fsp3) is 0.500. The van der Waals surface area contributed by atoms with Gasteiger partial charge in [0.05, 0.1) is 5.75 Å². The maximum atomic E-state index is 11.9. The monoisotopic (exact) mass is 280 g/mol. The zero-order valence-electron chi connectivity index (χ0n) is 11.1. The van der Waals surface area contributed by atoms with Crippen LogP contribution in [0.3, 0.4) is 0 Å². The summed E-state index contributed by atoms with van der Waals surface area (Å²) in [6, 6.07) is 4.97. The first kappa shape index (κ1) is 14.2. The molecule has 0 radical (unpaired) electrons. The maximum absolute atomic E-state index is 11.9. The van der Waals surface area contributed by atoms with Gasteiger partial charge in [-0.15, -0.1) is 11.8 Å². The Bertz CT molecular complexity index is 445. The van der Waals surface area contributed by atoms with Crippen molar-refractivity contribution in [2.45, 2.75) is 25.0 Å². The normalized spacial score (nSPS) is 16.3. The number of phenols is 1. The average Bonchev–Trinajstić information content (AvgIpc) is 2.41. The number of thioether (sulfide) groups is 1. The number of rotatable bonds is 4. The summed E-state index contributed by atoms with van der Waals surface area (Å²) in [5.41, 5.74) is 1.65. The summed E-state index contributed by atoms with van der Waals surface area (Å²) in [5.74, 6) is 0.738. The molecule has 2 rings (SSSR count). The molecule has 1 aromatic carbocycles. The summed E-state index contributed by atoms with van der Waals surface area (Å²) in [6.45, 7) is 3.97. The molecule has 0 unspecified atom stereocenters. The van der Waals surface area contributed by atoms with Crippen LogP contribution in [0.1, 0.15) is 18.4 Å². The highest BCUT2D eigenvalue weighted by Crippen LogP contribution is 2.22. The smallest absolute Gasteiger partial charge is 0.234 e. The fourth-order valence-electron chi connectivity index (χ4n) is 2.13. The van der Waals surface area contributed by atoms with Gasteiger partial charge in [-0.25, -0.2) is 0 Å². The van der Waals surface area contributed by atoms with Gasteiger partial charge in [-0.1, -0.05) is 0 Å². The van der Waals surface area contributed by atoms with Crippen LogP contribution in [0.2, 0.25) is 0 Å². The topological polar surface area (TPSA) is 61.4 Å². The highest BCUT2D eigenvalue weighted by molar-refractivity contribution is 8.00. The number of amides is 1. The first-order valence-corrected chi connectivity index (χ1v) is 7.62. The predicted molar refractivity (Wildman–Crippen MR) is 79.8 cm³/mol. The summed E-state index contributed by atoms with van der Waals surface area (Å²) < 4.78 is 0. The van der Waals surface area contributed by atoms with Crippen molar-refractivity contribution in [2.24, 2.45) is 0 Å². The molecule has 0 aromatic heterocycles. The summed E-state index contributed by atoms with van der Waals surface area (Å²) in [4.78, 5) is 11.9. The van der Waals surface area contributed by atoms with Gasteiger partial charge in [0.1, 0.15) is 5.75 Å². The fourth-order valence-corrected chi connectivity index (χ4v) is 3.16. The van der Waals surface area contributed by atoms with Gasteiger partial charge in [-0.3, -0.25) is 4.79 Å². The molecule has 1 aromatic rings. The van der Waals surface area contributed by atoms with Gasteiger partial charge in [0, 0.05) is 10.9 Å². The minimum atomic E-state index is 0.0253. The van der Waals surface area contributed by atoms with E-state index >= 15 is 0 Å². The van der Waals surface area contributed by atoms with E-state index in [1.54, 1.807) is 30.0 Å². The first-order chi connectivity index (χ1) is 9.15. The van der Waals surface area contributed by atoms with Crippen molar-refractivity contribution in [1.29, 1.82) is 0 Å². The molecule has 19 heavy (non-hydrogen) atoms. The Balaban J connectivity index is 1.80. The van der Waals surface area contributed by atoms with Crippen molar-refractivity contribution in [1.82, 2.24) is 5.32 Å². The van der Waals surface area contributed by atoms with Crippen LogP contribution in [0.15, 0.2) is 18.2 Å². The second-order valence-electron chi connectivity index (χ2n) is 4.81. The molecule has 5 heteroatoms. The van der Waals surface area contributed by atoms with Crippen molar-refractivity contribution >= 4 is 23.4 Å². The van der Waals surface area contributed by atoms with Gasteiger partial charge in [-0.2, -0.15) is 0 Å². The van der Waals surface area contributed by atoms with Crippen molar-refractivity contribution in [3.05, 3.63) is 23.8 Å². The molecule has 0 aliphatic carbocycles. The van der Waals surface area contributed by atoms with Gasteiger partial charge >= 0.3 is 0 Å². The lowest BCUT2D eigenvalue weighted by Crippen LogP contribution is -2.30. The summed E-state index contributed by atoms with van der Waals surface area (Å²) in [5, 5.41) is 16.1. The van der Waals surface area contributed by atoms with Crippen molar-refractivity contribution in [2.75, 3.05) is 24.2 Å². The summed E-state index contributed by atoms with van der Waals surface area (Å²) >= 11 is 1.73. The lowest BCUT2D eigenvalue weighted by Gasteiger charge is -2.21. The number of hydrogen-bond acceptors (Lipinski definition) is 4. The number of aryl methyl sites for hydroxylation is 1. The maximum Gasteiger partial charge on any atom is 0.234 e. The number of anilines is 1. The minimum Gasteiger partial charge on any atom is -0.508 e. The third-order valence-corrected chi connectivity index (χ3v) is 4.59. The Morgan fingerprint density at radius 3 is 2.89 bits per heavy atom. The molecular weight excluding hydrogens is 260 g/mol. The van der Waals surface area contributed by atoms with Gasteiger partial charge in [-0.05, 0) is 56.6 Å². The van der Waals surface area contributed by atoms with Crippen LogP contribution >= 0.6 is 11.8 Å². The van der Waals surface area contributed by atoms with Crippen LogP contribution < -0.4 is 10.6 Å². The number of phenolic OH excluding ortho intramolecular Hbond substituents is 1. The lowest BCUT2D eigenvalue weighted by atomic mass is 10.2. The van der Waals surface area contributed by atoms with E-state index in [4.69, 9.17) is 0 Å². The van der Waals surface area contributed by atoms with Crippen LogP contribution in [0, 0.1) is 6.92 Å². The number of benzene rings is 1. The number of piperidine rings is 1. The lowest BCUT2D eigenvalue weighted by molar-refractivity contribution is -0.113. The Hall–Kier alpha value is -1.20. The van der Waals surface area contributed by atoms with E-state index in [1.807, 2.05) is 6.92 Å². The Morgan fingerprint density at radius 2 is 2.21 bits per heavy atom. The van der Waals surface area contributed by atoms with Crippen molar-refractivity contribution < 1.29 is 9.90 Å². The van der Waals surface area contributed by atoms with E-state index in [-0.39, 0.29) is 11.7 Å². The summed E-state index contributed by atoms with van der Waals surface area (Å²) in [6.07, 6.45) is 2.27. The predicted octanol–water partition coefficient (Wildman–Crippen LogP) is 2.12. The summed E-state index contributed by atoms with van der Waals surface area (Å²) in [7, 11) is 0. The zero-order chi connectivity index (χ0) is 13.7. The Morgan fingerprint density at radius 1 is 1.47 bits per heavy atom. The second-order valence-corrected chi connectivity index (χ2v) is 6.10. The van der Waals surface area contributed by atoms with Gasteiger partial charge in [0.15, 0.2) is 0 Å². The Kier molecular flexibility index (Phi) is 5.10. The third-order valence-electron chi connectivity index (χ3n) is 3.22. The molecule has 1 fully saturated rings. The highest BCUT2D eigenvalue weighted by atomic mass is 32.2. The molecule has 1 heterocycles. The van der Waals surface area contributed by atoms with E-state index in [2.05, 4.69) is 10.6 Å². The molecule has 1 saturated heterocycles. The molecule has 0 spiro atoms. The molecule has 4 nitrogen and oxygen atoms in total. The molecule has 1 aliphatic heterocycles. The van der Waals surface area contributed by atoms with Crippen LogP contribution in [-0.2, 0) is 4.79 Å². The van der Waals surface area contributed by atoms with E-state index in [0.29, 0.717) is 11.0 Å². The molecule has 1 amide bonds. The van der Waals surface area contributed by atoms with Crippen molar-refractivity contribution in [3.63, 3.8) is 0 Å². The minimum absolute atomic E-state index is 0.0253. The zero-order valence-corrected chi connectivity index (χ0v) is 11.9. The van der Waals surface area contributed by atoms with E-state index < -0.39 is 0 Å². The van der Waals surface area contributed by atoms with E-state index in [0.717, 1.165) is 37.2 Å². The van der Waals surface area contributed by atoms with E-state index in [1.165, 1.54) is 0 Å². The van der Waals surface area contributed by atoms with Gasteiger partial charge in [0.2, 0.25) is 5.91 Å². The number of hydrogen-bond donors (Lipinski definition) is 3. The number of carbonyl (C=O) groups is 1. The Labute approximate surface area is 118 Å². The molecule has 104 valence electrons. The highest BCUT2D eigenvalue weighted by Gasteiger charge is 2.15. The van der Waals surface area contributed by atoms with Crippen LogP contribution in [0.4, 0.5) is 5.69 Å². The quantitative estimate of drug-likeness (QED) is 0.739. The molecule has 0 atom stereocenters. The second kappa shape index (κ2) is 6.82. The SMILES string of the molecule is Cc1cc(O)ccc1NC(=O)CSC1CCNCC1. The first-order valence-electron chi connectivity index (χ1n) is 6.57. The number of carbonyl (C=O) groups excluding carboxylic acids is 1. The van der Waals surface area contributed by atoms with Gasteiger partial charge in [0.25, 0.3) is 0 Å². The molecule has 3 N–H and O–H groups in total. The van der Waals surface area contributed by atoms with E-state index in [9.17, 15) is 9.90 Å². The molecule has 0 bridgehead atoms. The van der Waals surface area contributed by atoms with Crippen LogP contribution in [0.25, 0.3) is 0 Å². The van der Waals surface area contributed by atoms with Crippen molar-refractivity contribution in [3.8, 4) is 5.75 Å². The average molecular weight is 280 g/mol. The van der Waals surface area contributed by atoms with Crippen LogP contribution in [0.5, 0.6) is 5.75 Å². The largest absolute Gasteiger partial charge is 0.508 e. The molecule has 0 saturated carbocycles.